The van der Waals surface area contributed by atoms with E-state index >= 15 is 0 Å². The van der Waals surface area contributed by atoms with Crippen molar-refractivity contribution in [2.75, 3.05) is 10.8 Å². The number of carbonyl (C=O) groups is 2. The third kappa shape index (κ3) is 7.77. The summed E-state index contributed by atoms with van der Waals surface area (Å²) in [4.78, 5) is 28.9. The molecule has 2 atom stereocenters. The van der Waals surface area contributed by atoms with Gasteiger partial charge in [0.25, 0.3) is 10.0 Å². The van der Waals surface area contributed by atoms with Gasteiger partial charge in [-0.2, -0.15) is 0 Å². The topological polar surface area (TPSA) is 86.8 Å². The first-order valence-corrected chi connectivity index (χ1v) is 15.4. The molecular weight excluding hydrogens is 569 g/mol. The van der Waals surface area contributed by atoms with E-state index in [9.17, 15) is 18.0 Å². The molecule has 0 unspecified atom stereocenters. The largest absolute Gasteiger partial charge is 0.352 e. The van der Waals surface area contributed by atoms with Crippen molar-refractivity contribution in [2.45, 2.75) is 64.1 Å². The van der Waals surface area contributed by atoms with Crippen LogP contribution in [0.25, 0.3) is 0 Å². The van der Waals surface area contributed by atoms with Crippen LogP contribution in [0.4, 0.5) is 5.69 Å². The third-order valence-corrected chi connectivity index (χ3v) is 9.02. The molecule has 10 heteroatoms. The fourth-order valence-corrected chi connectivity index (χ4v) is 6.12. The number of sulfonamides is 1. The first-order chi connectivity index (χ1) is 19.0. The van der Waals surface area contributed by atoms with E-state index in [2.05, 4.69) is 5.32 Å². The molecule has 0 aliphatic rings. The maximum absolute atomic E-state index is 14.1. The van der Waals surface area contributed by atoms with Gasteiger partial charge in [0, 0.05) is 22.6 Å². The maximum Gasteiger partial charge on any atom is 0.264 e. The van der Waals surface area contributed by atoms with Crippen LogP contribution in [0.1, 0.15) is 44.7 Å². The van der Waals surface area contributed by atoms with Crippen LogP contribution in [-0.4, -0.2) is 43.8 Å². The Morgan fingerprint density at radius 1 is 0.925 bits per heavy atom. The van der Waals surface area contributed by atoms with Crippen molar-refractivity contribution in [3.63, 3.8) is 0 Å². The van der Waals surface area contributed by atoms with Crippen molar-refractivity contribution in [1.29, 1.82) is 0 Å². The van der Waals surface area contributed by atoms with Gasteiger partial charge in [0.15, 0.2) is 0 Å². The highest BCUT2D eigenvalue weighted by Crippen LogP contribution is 2.27. The number of hydrogen-bond acceptors (Lipinski definition) is 4. The first-order valence-electron chi connectivity index (χ1n) is 13.2. The lowest BCUT2D eigenvalue weighted by atomic mass is 10.1. The molecule has 1 N–H and O–H groups in total. The van der Waals surface area contributed by atoms with Crippen molar-refractivity contribution in [2.24, 2.45) is 0 Å². The van der Waals surface area contributed by atoms with E-state index in [1.165, 1.54) is 17.0 Å². The average Bonchev–Trinajstić information content (AvgIpc) is 2.92. The van der Waals surface area contributed by atoms with Gasteiger partial charge in [0.1, 0.15) is 12.6 Å². The Kier molecular flexibility index (Phi) is 11.0. The summed E-state index contributed by atoms with van der Waals surface area (Å²) in [7, 11) is -4.12. The highest BCUT2D eigenvalue weighted by molar-refractivity contribution is 7.92. The minimum atomic E-state index is -4.12. The van der Waals surface area contributed by atoms with Gasteiger partial charge in [-0.05, 0) is 74.2 Å². The number of rotatable bonds is 12. The number of anilines is 1. The van der Waals surface area contributed by atoms with Gasteiger partial charge in [-0.15, -0.1) is 0 Å². The number of nitrogens with zero attached hydrogens (tertiary/aromatic N) is 2. The van der Waals surface area contributed by atoms with Crippen molar-refractivity contribution in [3.8, 4) is 0 Å². The van der Waals surface area contributed by atoms with Gasteiger partial charge in [-0.1, -0.05) is 73.4 Å². The van der Waals surface area contributed by atoms with E-state index in [1.807, 2.05) is 33.8 Å². The summed E-state index contributed by atoms with van der Waals surface area (Å²) >= 11 is 12.5. The van der Waals surface area contributed by atoms with E-state index in [-0.39, 0.29) is 23.4 Å². The van der Waals surface area contributed by atoms with Crippen molar-refractivity contribution in [3.05, 3.63) is 94.0 Å². The maximum atomic E-state index is 14.1. The summed E-state index contributed by atoms with van der Waals surface area (Å²) in [6, 6.07) is 18.9. The molecule has 0 saturated carbocycles. The number of nitrogens with one attached hydrogen (secondary N) is 1. The predicted molar refractivity (Wildman–Crippen MR) is 161 cm³/mol. The Morgan fingerprint density at radius 2 is 1.62 bits per heavy atom. The zero-order chi connectivity index (χ0) is 29.4. The highest BCUT2D eigenvalue weighted by Gasteiger charge is 2.34. The standard InChI is InChI=1S/C30H35Cl2N3O4S/c1-5-22(4)33-30(37)28(6-2)34(19-23-15-16-24(31)18-27(23)32)29(36)20-35(25-12-10-11-21(3)17-25)40(38,39)26-13-8-7-9-14-26/h7-18,22,28H,5-6,19-20H2,1-4H3,(H,33,37)/t22-,28+/m0/s1. The van der Waals surface area contributed by atoms with E-state index in [0.29, 0.717) is 27.7 Å². The summed E-state index contributed by atoms with van der Waals surface area (Å²) in [6.07, 6.45) is 1.03. The molecule has 3 aromatic carbocycles. The summed E-state index contributed by atoms with van der Waals surface area (Å²) < 4.78 is 28.8. The van der Waals surface area contributed by atoms with Gasteiger partial charge < -0.3 is 10.2 Å². The first kappa shape index (κ1) is 31.5. The lowest BCUT2D eigenvalue weighted by molar-refractivity contribution is -0.140. The number of hydrogen-bond donors (Lipinski definition) is 1. The second-order valence-electron chi connectivity index (χ2n) is 9.66. The van der Waals surface area contributed by atoms with Crippen LogP contribution in [0.5, 0.6) is 0 Å². The van der Waals surface area contributed by atoms with Gasteiger partial charge in [0.2, 0.25) is 11.8 Å². The SMILES string of the molecule is CC[C@H](C(=O)N[C@@H](C)CC)N(Cc1ccc(Cl)cc1Cl)C(=O)CN(c1cccc(C)c1)S(=O)(=O)c1ccccc1. The van der Waals surface area contributed by atoms with Crippen molar-refractivity contribution < 1.29 is 18.0 Å². The molecular formula is C30H35Cl2N3O4S. The van der Waals surface area contributed by atoms with Crippen LogP contribution in [0.2, 0.25) is 10.0 Å². The van der Waals surface area contributed by atoms with E-state index < -0.39 is 28.5 Å². The molecule has 0 bridgehead atoms. The molecule has 0 spiro atoms. The summed E-state index contributed by atoms with van der Waals surface area (Å²) in [5, 5.41) is 3.74. The Balaban J connectivity index is 2.07. The fraction of sp³-hybridized carbons (Fsp3) is 0.333. The number of carbonyl (C=O) groups excluding carboxylic acids is 2. The zero-order valence-corrected chi connectivity index (χ0v) is 25.4. The van der Waals surface area contributed by atoms with Gasteiger partial charge >= 0.3 is 0 Å². The Bertz CT molecular complexity index is 1430. The van der Waals surface area contributed by atoms with Crippen LogP contribution in [0, 0.1) is 6.92 Å². The number of halogens is 2. The molecule has 7 nitrogen and oxygen atoms in total. The van der Waals surface area contributed by atoms with Gasteiger partial charge in [-0.3, -0.25) is 13.9 Å². The highest BCUT2D eigenvalue weighted by atomic mass is 35.5. The van der Waals surface area contributed by atoms with E-state index in [1.54, 1.807) is 54.6 Å². The second kappa shape index (κ2) is 14.0. The summed E-state index contributed by atoms with van der Waals surface area (Å²) in [5.41, 5.74) is 1.77. The van der Waals surface area contributed by atoms with E-state index in [0.717, 1.165) is 16.3 Å². The smallest absolute Gasteiger partial charge is 0.264 e. The van der Waals surface area contributed by atoms with Crippen LogP contribution >= 0.6 is 23.2 Å². The minimum absolute atomic E-state index is 0.00564. The Morgan fingerprint density at radius 3 is 2.23 bits per heavy atom. The molecule has 3 aromatic rings. The quantitative estimate of drug-likeness (QED) is 0.266. The normalized spacial score (nSPS) is 12.8. The van der Waals surface area contributed by atoms with Crippen LogP contribution < -0.4 is 9.62 Å². The molecule has 0 aromatic heterocycles. The van der Waals surface area contributed by atoms with Gasteiger partial charge in [-0.25, -0.2) is 8.42 Å². The molecule has 0 aliphatic carbocycles. The second-order valence-corrected chi connectivity index (χ2v) is 12.4. The lowest BCUT2D eigenvalue weighted by Crippen LogP contribution is -2.53. The molecule has 40 heavy (non-hydrogen) atoms. The summed E-state index contributed by atoms with van der Waals surface area (Å²) in [5.74, 6) is -0.860. The molecule has 0 saturated heterocycles. The predicted octanol–water partition coefficient (Wildman–Crippen LogP) is 6.22. The average molecular weight is 605 g/mol. The molecule has 0 heterocycles. The number of aryl methyl sites for hydroxylation is 1. The molecule has 214 valence electrons. The molecule has 0 aliphatic heterocycles. The lowest BCUT2D eigenvalue weighted by Gasteiger charge is -2.34. The Labute approximate surface area is 247 Å². The number of benzene rings is 3. The van der Waals surface area contributed by atoms with Crippen LogP contribution in [-0.2, 0) is 26.2 Å². The molecule has 3 rings (SSSR count). The van der Waals surface area contributed by atoms with E-state index in [4.69, 9.17) is 23.2 Å². The third-order valence-electron chi connectivity index (χ3n) is 6.64. The summed E-state index contributed by atoms with van der Waals surface area (Å²) in [6.45, 7) is 6.98. The van der Waals surface area contributed by atoms with Crippen LogP contribution in [0.15, 0.2) is 77.7 Å². The Hall–Kier alpha value is -3.07. The molecule has 0 fully saturated rings. The van der Waals surface area contributed by atoms with Crippen molar-refractivity contribution >= 4 is 50.7 Å². The molecule has 0 radical (unpaired) electrons. The zero-order valence-electron chi connectivity index (χ0n) is 23.1. The fourth-order valence-electron chi connectivity index (χ4n) is 4.23. The minimum Gasteiger partial charge on any atom is -0.352 e. The number of amides is 2. The monoisotopic (exact) mass is 603 g/mol. The van der Waals surface area contributed by atoms with Gasteiger partial charge in [0.05, 0.1) is 10.6 Å². The molecule has 2 amide bonds. The van der Waals surface area contributed by atoms with Crippen LogP contribution in [0.3, 0.4) is 0 Å². The van der Waals surface area contributed by atoms with Crippen molar-refractivity contribution in [1.82, 2.24) is 10.2 Å².